The molecule has 0 aromatic heterocycles. The summed E-state index contributed by atoms with van der Waals surface area (Å²) in [5.41, 5.74) is 1.09. The second-order valence-electron chi connectivity index (χ2n) is 5.99. The Labute approximate surface area is 152 Å². The molecule has 2 aromatic rings. The Bertz CT molecular complexity index is 760. The minimum Gasteiger partial charge on any atom is -0.507 e. The molecule has 6 nitrogen and oxygen atoms in total. The molecule has 0 unspecified atom stereocenters. The third-order valence-electron chi connectivity index (χ3n) is 4.03. The molecule has 0 aliphatic rings. The minimum atomic E-state index is -0.980. The van der Waals surface area contributed by atoms with Gasteiger partial charge in [0.2, 0.25) is 0 Å². The van der Waals surface area contributed by atoms with Gasteiger partial charge in [-0.25, -0.2) is 4.79 Å². The third kappa shape index (κ3) is 4.99. The van der Waals surface area contributed by atoms with Gasteiger partial charge in [0.1, 0.15) is 17.1 Å². The van der Waals surface area contributed by atoms with Crippen molar-refractivity contribution < 1.29 is 24.2 Å². The molecule has 1 amide bonds. The van der Waals surface area contributed by atoms with Crippen molar-refractivity contribution in [1.29, 1.82) is 0 Å². The number of phenols is 1. The highest BCUT2D eigenvalue weighted by Gasteiger charge is 2.21. The van der Waals surface area contributed by atoms with Crippen LogP contribution < -0.4 is 10.1 Å². The number of esters is 1. The van der Waals surface area contributed by atoms with Crippen LogP contribution in [0.3, 0.4) is 0 Å². The van der Waals surface area contributed by atoms with E-state index in [4.69, 9.17) is 9.47 Å². The zero-order valence-electron chi connectivity index (χ0n) is 15.1. The Kier molecular flexibility index (Phi) is 6.60. The first kappa shape index (κ1) is 19.3. The number of benzene rings is 2. The van der Waals surface area contributed by atoms with Gasteiger partial charge >= 0.3 is 5.97 Å². The molecule has 0 bridgehead atoms. The number of carbonyl (C=O) groups is 2. The molecule has 0 heterocycles. The number of rotatable bonds is 7. The maximum atomic E-state index is 12.2. The first-order valence-electron chi connectivity index (χ1n) is 8.33. The van der Waals surface area contributed by atoms with Gasteiger partial charge in [-0.3, -0.25) is 4.79 Å². The van der Waals surface area contributed by atoms with Crippen molar-refractivity contribution in [2.45, 2.75) is 25.9 Å². The topological polar surface area (TPSA) is 84.9 Å². The molecule has 6 heteroatoms. The molecule has 0 spiro atoms. The van der Waals surface area contributed by atoms with E-state index in [1.54, 1.807) is 0 Å². The summed E-state index contributed by atoms with van der Waals surface area (Å²) in [5, 5.41) is 12.6. The van der Waals surface area contributed by atoms with Crippen LogP contribution in [0.4, 0.5) is 0 Å². The molecular formula is C20H23NO5. The summed E-state index contributed by atoms with van der Waals surface area (Å²) in [6, 6.07) is 14.0. The average Bonchev–Trinajstić information content (AvgIpc) is 2.66. The van der Waals surface area contributed by atoms with Gasteiger partial charge in [0.05, 0.1) is 7.11 Å². The largest absolute Gasteiger partial charge is 0.507 e. The molecule has 0 saturated carbocycles. The van der Waals surface area contributed by atoms with Crippen LogP contribution in [-0.4, -0.2) is 36.7 Å². The summed E-state index contributed by atoms with van der Waals surface area (Å²) in [6.45, 7) is 3.92. The van der Waals surface area contributed by atoms with Gasteiger partial charge in [0, 0.05) is 12.6 Å². The average molecular weight is 357 g/mol. The normalized spacial score (nSPS) is 12.7. The second kappa shape index (κ2) is 8.89. The maximum Gasteiger partial charge on any atom is 0.342 e. The van der Waals surface area contributed by atoms with Crippen LogP contribution in [0.1, 0.15) is 35.7 Å². The van der Waals surface area contributed by atoms with Crippen molar-refractivity contribution in [1.82, 2.24) is 5.32 Å². The Hall–Kier alpha value is -3.02. The molecule has 0 fully saturated rings. The standard InChI is InChI=1S/C20H23NO5/c1-13(15-7-5-4-6-8-15)12-21-19(23)14(2)26-20(24)17-10-9-16(25-3)11-18(17)22/h4-11,13-14,22H,12H2,1-3H3,(H,21,23)/t13-,14-/m1/s1. The van der Waals surface area contributed by atoms with E-state index in [-0.39, 0.29) is 17.2 Å². The van der Waals surface area contributed by atoms with Gasteiger partial charge in [-0.05, 0) is 30.5 Å². The fraction of sp³-hybridized carbons (Fsp3) is 0.300. The molecule has 0 saturated heterocycles. The van der Waals surface area contributed by atoms with Gasteiger partial charge in [0.25, 0.3) is 5.91 Å². The molecule has 0 aliphatic carbocycles. The van der Waals surface area contributed by atoms with Crippen LogP contribution >= 0.6 is 0 Å². The quantitative estimate of drug-likeness (QED) is 0.745. The van der Waals surface area contributed by atoms with Crippen LogP contribution in [0, 0.1) is 0 Å². The number of aromatic hydroxyl groups is 1. The Morgan fingerprint density at radius 3 is 2.42 bits per heavy atom. The molecule has 2 atom stereocenters. The molecule has 138 valence electrons. The predicted molar refractivity (Wildman–Crippen MR) is 97.4 cm³/mol. The van der Waals surface area contributed by atoms with Gasteiger partial charge < -0.3 is 19.9 Å². The van der Waals surface area contributed by atoms with Crippen molar-refractivity contribution >= 4 is 11.9 Å². The Morgan fingerprint density at radius 1 is 1.12 bits per heavy atom. The maximum absolute atomic E-state index is 12.2. The molecule has 0 aliphatic heterocycles. The van der Waals surface area contributed by atoms with E-state index in [2.05, 4.69) is 5.32 Å². The van der Waals surface area contributed by atoms with E-state index in [0.29, 0.717) is 12.3 Å². The number of carbonyl (C=O) groups excluding carboxylic acids is 2. The molecular weight excluding hydrogens is 334 g/mol. The van der Waals surface area contributed by atoms with E-state index in [1.165, 1.54) is 32.2 Å². The Balaban J connectivity index is 1.89. The van der Waals surface area contributed by atoms with E-state index in [0.717, 1.165) is 5.56 Å². The summed E-state index contributed by atoms with van der Waals surface area (Å²) in [4.78, 5) is 24.3. The summed E-state index contributed by atoms with van der Waals surface area (Å²) in [7, 11) is 1.45. The fourth-order valence-electron chi connectivity index (χ4n) is 2.39. The van der Waals surface area contributed by atoms with Gasteiger partial charge in [-0.1, -0.05) is 37.3 Å². The van der Waals surface area contributed by atoms with Crippen molar-refractivity contribution in [2.24, 2.45) is 0 Å². The summed E-state index contributed by atoms with van der Waals surface area (Å²) < 4.78 is 10.1. The summed E-state index contributed by atoms with van der Waals surface area (Å²) >= 11 is 0. The number of phenolic OH excluding ortho intramolecular Hbond substituents is 1. The number of methoxy groups -OCH3 is 1. The van der Waals surface area contributed by atoms with E-state index in [1.807, 2.05) is 37.3 Å². The van der Waals surface area contributed by atoms with E-state index < -0.39 is 18.0 Å². The SMILES string of the molecule is COc1ccc(C(=O)O[C@H](C)C(=O)NC[C@@H](C)c2ccccc2)c(O)c1. The van der Waals surface area contributed by atoms with E-state index in [9.17, 15) is 14.7 Å². The third-order valence-corrected chi connectivity index (χ3v) is 4.03. The first-order chi connectivity index (χ1) is 12.4. The van der Waals surface area contributed by atoms with Crippen molar-refractivity contribution in [2.75, 3.05) is 13.7 Å². The first-order valence-corrected chi connectivity index (χ1v) is 8.33. The van der Waals surface area contributed by atoms with Crippen molar-refractivity contribution in [3.8, 4) is 11.5 Å². The lowest BCUT2D eigenvalue weighted by Crippen LogP contribution is -2.37. The van der Waals surface area contributed by atoms with Crippen LogP contribution in [-0.2, 0) is 9.53 Å². The zero-order valence-corrected chi connectivity index (χ0v) is 15.1. The molecule has 0 radical (unpaired) electrons. The smallest absolute Gasteiger partial charge is 0.342 e. The number of hydrogen-bond donors (Lipinski definition) is 2. The monoisotopic (exact) mass is 357 g/mol. The van der Waals surface area contributed by atoms with Crippen molar-refractivity contribution in [3.63, 3.8) is 0 Å². The van der Waals surface area contributed by atoms with Gasteiger partial charge in [-0.2, -0.15) is 0 Å². The van der Waals surface area contributed by atoms with Crippen molar-refractivity contribution in [3.05, 3.63) is 59.7 Å². The highest BCUT2D eigenvalue weighted by Crippen LogP contribution is 2.24. The lowest BCUT2D eigenvalue weighted by molar-refractivity contribution is -0.129. The highest BCUT2D eigenvalue weighted by atomic mass is 16.5. The zero-order chi connectivity index (χ0) is 19.1. The highest BCUT2D eigenvalue weighted by molar-refractivity contribution is 5.94. The van der Waals surface area contributed by atoms with Crippen LogP contribution in [0.15, 0.2) is 48.5 Å². The van der Waals surface area contributed by atoms with Crippen LogP contribution in [0.2, 0.25) is 0 Å². The lowest BCUT2D eigenvalue weighted by Gasteiger charge is -2.17. The number of ether oxygens (including phenoxy) is 2. The summed E-state index contributed by atoms with van der Waals surface area (Å²) in [5.74, 6) is -0.883. The van der Waals surface area contributed by atoms with E-state index >= 15 is 0 Å². The molecule has 2 N–H and O–H groups in total. The number of hydrogen-bond acceptors (Lipinski definition) is 5. The van der Waals surface area contributed by atoms with Crippen LogP contribution in [0.5, 0.6) is 11.5 Å². The van der Waals surface area contributed by atoms with Gasteiger partial charge in [0.15, 0.2) is 6.10 Å². The fourth-order valence-corrected chi connectivity index (χ4v) is 2.39. The lowest BCUT2D eigenvalue weighted by atomic mass is 10.0. The number of amides is 1. The molecule has 2 aromatic carbocycles. The number of nitrogens with one attached hydrogen (secondary N) is 1. The second-order valence-corrected chi connectivity index (χ2v) is 5.99. The van der Waals surface area contributed by atoms with Crippen LogP contribution in [0.25, 0.3) is 0 Å². The predicted octanol–water partition coefficient (Wildman–Crippen LogP) is 2.87. The molecule has 26 heavy (non-hydrogen) atoms. The molecule has 2 rings (SSSR count). The Morgan fingerprint density at radius 2 is 1.81 bits per heavy atom. The van der Waals surface area contributed by atoms with Gasteiger partial charge in [-0.15, -0.1) is 0 Å². The minimum absolute atomic E-state index is 0.0249. The summed E-state index contributed by atoms with van der Waals surface area (Å²) in [6.07, 6.45) is -0.980.